The number of hydrogen-bond donors (Lipinski definition) is 1. The van der Waals surface area contributed by atoms with Crippen LogP contribution in [-0.2, 0) is 11.3 Å². The van der Waals surface area contributed by atoms with Crippen LogP contribution in [0.1, 0.15) is 17.0 Å². The highest BCUT2D eigenvalue weighted by Gasteiger charge is 2.10. The third-order valence-electron chi connectivity index (χ3n) is 3.27. The van der Waals surface area contributed by atoms with E-state index in [0.717, 1.165) is 22.6 Å². The Hall–Kier alpha value is -2.53. The summed E-state index contributed by atoms with van der Waals surface area (Å²) >= 11 is 5.97. The van der Waals surface area contributed by atoms with Crippen molar-refractivity contribution < 1.29 is 14.1 Å². The molecule has 0 bridgehead atoms. The van der Waals surface area contributed by atoms with Crippen molar-refractivity contribution in [1.82, 2.24) is 10.5 Å². The van der Waals surface area contributed by atoms with Gasteiger partial charge in [0.1, 0.15) is 12.4 Å². The molecular formula is C17H15ClN2O3. The van der Waals surface area contributed by atoms with E-state index in [0.29, 0.717) is 23.9 Å². The Morgan fingerprint density at radius 3 is 3.09 bits per heavy atom. The molecule has 118 valence electrons. The molecule has 5 nitrogen and oxygen atoms in total. The molecule has 0 atom stereocenters. The van der Waals surface area contributed by atoms with E-state index in [4.69, 9.17) is 20.9 Å². The van der Waals surface area contributed by atoms with Crippen LogP contribution in [0.15, 0.2) is 46.5 Å². The van der Waals surface area contributed by atoms with Crippen LogP contribution >= 0.6 is 11.6 Å². The highest BCUT2D eigenvalue weighted by Crippen LogP contribution is 2.29. The molecule has 1 N–H and O–H groups in total. The molecule has 0 saturated carbocycles. The number of carbonyl (C=O) groups is 1. The van der Waals surface area contributed by atoms with Crippen molar-refractivity contribution in [3.05, 3.63) is 64.0 Å². The molecule has 0 fully saturated rings. The number of fused-ring (bicyclic) bond motifs is 1. The minimum absolute atomic E-state index is 0.211. The van der Waals surface area contributed by atoms with Gasteiger partial charge in [0, 0.05) is 22.7 Å². The number of hydrogen-bond acceptors (Lipinski definition) is 4. The van der Waals surface area contributed by atoms with Crippen LogP contribution in [0.3, 0.4) is 0 Å². The molecule has 0 radical (unpaired) electrons. The average Bonchev–Trinajstić information content (AvgIpc) is 2.96. The van der Waals surface area contributed by atoms with Crippen molar-refractivity contribution in [1.29, 1.82) is 0 Å². The number of amides is 1. The van der Waals surface area contributed by atoms with Crippen molar-refractivity contribution in [2.24, 2.45) is 0 Å². The number of rotatable bonds is 4. The van der Waals surface area contributed by atoms with Gasteiger partial charge in [0.05, 0.1) is 12.2 Å². The fraction of sp³-hybridized carbons (Fsp3) is 0.176. The van der Waals surface area contributed by atoms with Crippen molar-refractivity contribution in [3.63, 3.8) is 0 Å². The summed E-state index contributed by atoms with van der Waals surface area (Å²) in [5, 5.41) is 7.14. The van der Waals surface area contributed by atoms with Gasteiger partial charge in [0.15, 0.2) is 5.76 Å². The van der Waals surface area contributed by atoms with Gasteiger partial charge in [0.2, 0.25) is 5.91 Å². The lowest BCUT2D eigenvalue weighted by molar-refractivity contribution is -0.116. The number of nitrogens with zero attached hydrogens (tertiary/aromatic N) is 1. The van der Waals surface area contributed by atoms with E-state index in [1.54, 1.807) is 18.2 Å². The average molecular weight is 331 g/mol. The number of ether oxygens (including phenoxy) is 1. The third-order valence-corrected chi connectivity index (χ3v) is 3.50. The first-order valence-corrected chi connectivity index (χ1v) is 7.49. The lowest BCUT2D eigenvalue weighted by Crippen LogP contribution is -2.20. The Bertz CT molecular complexity index is 793. The van der Waals surface area contributed by atoms with Gasteiger partial charge in [0.25, 0.3) is 0 Å². The maximum absolute atomic E-state index is 11.8. The minimum Gasteiger partial charge on any atom is -0.488 e. The topological polar surface area (TPSA) is 64.4 Å². The Morgan fingerprint density at radius 2 is 2.30 bits per heavy atom. The van der Waals surface area contributed by atoms with Gasteiger partial charge in [-0.25, -0.2) is 0 Å². The van der Waals surface area contributed by atoms with Crippen LogP contribution in [0.5, 0.6) is 5.75 Å². The number of benzene rings is 1. The van der Waals surface area contributed by atoms with Crippen molar-refractivity contribution in [2.75, 3.05) is 6.61 Å². The maximum atomic E-state index is 11.8. The molecule has 1 aliphatic heterocycles. The zero-order chi connectivity index (χ0) is 16.2. The smallest absolute Gasteiger partial charge is 0.244 e. The van der Waals surface area contributed by atoms with Gasteiger partial charge < -0.3 is 14.6 Å². The van der Waals surface area contributed by atoms with Crippen LogP contribution in [-0.4, -0.2) is 17.7 Å². The van der Waals surface area contributed by atoms with E-state index in [-0.39, 0.29) is 5.91 Å². The van der Waals surface area contributed by atoms with Gasteiger partial charge in [-0.2, -0.15) is 0 Å². The van der Waals surface area contributed by atoms with Crippen LogP contribution in [0, 0.1) is 6.92 Å². The zero-order valence-electron chi connectivity index (χ0n) is 12.5. The monoisotopic (exact) mass is 330 g/mol. The molecule has 6 heteroatoms. The molecule has 1 aromatic carbocycles. The summed E-state index contributed by atoms with van der Waals surface area (Å²) in [6.07, 6.45) is 5.15. The van der Waals surface area contributed by atoms with Gasteiger partial charge in [-0.1, -0.05) is 22.8 Å². The molecule has 1 aliphatic rings. The first-order valence-electron chi connectivity index (χ1n) is 7.11. The number of halogens is 1. The van der Waals surface area contributed by atoms with Crippen LogP contribution in [0.4, 0.5) is 0 Å². The van der Waals surface area contributed by atoms with Crippen molar-refractivity contribution >= 4 is 23.6 Å². The van der Waals surface area contributed by atoms with E-state index in [9.17, 15) is 4.79 Å². The Morgan fingerprint density at radius 1 is 1.43 bits per heavy atom. The lowest BCUT2D eigenvalue weighted by atomic mass is 10.1. The van der Waals surface area contributed by atoms with E-state index in [1.807, 2.05) is 25.1 Å². The van der Waals surface area contributed by atoms with Gasteiger partial charge >= 0.3 is 0 Å². The van der Waals surface area contributed by atoms with E-state index < -0.39 is 0 Å². The van der Waals surface area contributed by atoms with Crippen molar-refractivity contribution in [2.45, 2.75) is 13.5 Å². The second-order valence-electron chi connectivity index (χ2n) is 5.18. The molecule has 0 spiro atoms. The second kappa shape index (κ2) is 6.71. The number of aromatic nitrogens is 1. The molecule has 1 amide bonds. The summed E-state index contributed by atoms with van der Waals surface area (Å²) < 4.78 is 10.6. The molecular weight excluding hydrogens is 316 g/mol. The highest BCUT2D eigenvalue weighted by molar-refractivity contribution is 6.30. The minimum atomic E-state index is -0.211. The quantitative estimate of drug-likeness (QED) is 0.874. The molecule has 2 heterocycles. The third kappa shape index (κ3) is 4.02. The van der Waals surface area contributed by atoms with Crippen LogP contribution < -0.4 is 10.1 Å². The molecule has 0 unspecified atom stereocenters. The lowest BCUT2D eigenvalue weighted by Gasteiger charge is -2.16. The SMILES string of the molecule is Cc1cc(CNC(=O)/C=C/C2=Cc3cc(Cl)ccc3OC2)on1. The molecule has 2 aromatic rings. The predicted octanol–water partition coefficient (Wildman–Crippen LogP) is 3.28. The van der Waals surface area contributed by atoms with Crippen LogP contribution in [0.2, 0.25) is 5.02 Å². The van der Waals surface area contributed by atoms with Crippen molar-refractivity contribution in [3.8, 4) is 5.75 Å². The fourth-order valence-electron chi connectivity index (χ4n) is 2.18. The molecule has 23 heavy (non-hydrogen) atoms. The summed E-state index contributed by atoms with van der Waals surface area (Å²) in [6, 6.07) is 7.23. The maximum Gasteiger partial charge on any atom is 0.244 e. The number of carbonyl (C=O) groups excluding carboxylic acids is 1. The first kappa shape index (κ1) is 15.4. The Labute approximate surface area is 138 Å². The molecule has 0 saturated heterocycles. The molecule has 3 rings (SSSR count). The zero-order valence-corrected chi connectivity index (χ0v) is 13.3. The van der Waals surface area contributed by atoms with E-state index in [2.05, 4.69) is 10.5 Å². The standard InChI is InChI=1S/C17H15ClN2O3/c1-11-6-15(23-20-11)9-19-17(21)5-2-12-7-13-8-14(18)3-4-16(13)22-10-12/h2-8H,9-10H2,1H3,(H,19,21)/b5-2+. The van der Waals surface area contributed by atoms with Crippen LogP contribution in [0.25, 0.3) is 6.08 Å². The summed E-state index contributed by atoms with van der Waals surface area (Å²) in [5.41, 5.74) is 2.58. The largest absolute Gasteiger partial charge is 0.488 e. The summed E-state index contributed by atoms with van der Waals surface area (Å²) in [7, 11) is 0. The summed E-state index contributed by atoms with van der Waals surface area (Å²) in [4.78, 5) is 11.8. The summed E-state index contributed by atoms with van der Waals surface area (Å²) in [6.45, 7) is 2.55. The van der Waals surface area contributed by atoms with E-state index >= 15 is 0 Å². The molecule has 0 aliphatic carbocycles. The molecule has 1 aromatic heterocycles. The fourth-order valence-corrected chi connectivity index (χ4v) is 2.36. The van der Waals surface area contributed by atoms with E-state index in [1.165, 1.54) is 6.08 Å². The Kier molecular flexibility index (Phi) is 4.48. The highest BCUT2D eigenvalue weighted by atomic mass is 35.5. The van der Waals surface area contributed by atoms with Gasteiger partial charge in [-0.3, -0.25) is 4.79 Å². The normalized spacial score (nSPS) is 13.4. The number of nitrogens with one attached hydrogen (secondary N) is 1. The first-order chi connectivity index (χ1) is 11.1. The van der Waals surface area contributed by atoms with Gasteiger partial charge in [-0.15, -0.1) is 0 Å². The Balaban J connectivity index is 1.60. The predicted molar refractivity (Wildman–Crippen MR) is 87.2 cm³/mol. The van der Waals surface area contributed by atoms with Gasteiger partial charge in [-0.05, 0) is 36.8 Å². The number of aryl methyl sites for hydroxylation is 1. The second-order valence-corrected chi connectivity index (χ2v) is 5.61. The summed E-state index contributed by atoms with van der Waals surface area (Å²) in [5.74, 6) is 1.20.